The van der Waals surface area contributed by atoms with E-state index < -0.39 is 36.7 Å². The quantitative estimate of drug-likeness (QED) is 0.114. The van der Waals surface area contributed by atoms with Crippen LogP contribution in [0.4, 0.5) is 13.2 Å². The molecular formula is C45H37F3N6O8S3. The summed E-state index contributed by atoms with van der Waals surface area (Å²) in [7, 11) is -7.93. The molecule has 4 aromatic carbocycles. The molecule has 8 rings (SSSR count). The Bertz CT molecular complexity index is 3200. The van der Waals surface area contributed by atoms with E-state index in [9.17, 15) is 39.6 Å². The number of hydrogen-bond donors (Lipinski definition) is 2. The summed E-state index contributed by atoms with van der Waals surface area (Å²) in [5, 5.41) is 6.48. The molecule has 0 unspecified atom stereocenters. The number of rotatable bonds is 13. The van der Waals surface area contributed by atoms with E-state index in [-0.39, 0.29) is 39.6 Å². The van der Waals surface area contributed by atoms with Crippen LogP contribution in [0, 0.1) is 6.92 Å². The third-order valence-electron chi connectivity index (χ3n) is 9.54. The van der Waals surface area contributed by atoms with E-state index in [1.807, 2.05) is 6.92 Å². The number of carbonyl (C=O) groups excluding carboxylic acids is 2. The number of aryl methyl sites for hydroxylation is 1. The number of carbonyl (C=O) groups is 2. The van der Waals surface area contributed by atoms with E-state index in [4.69, 9.17) is 4.74 Å². The van der Waals surface area contributed by atoms with Crippen LogP contribution in [-0.4, -0.2) is 61.0 Å². The molecule has 2 N–H and O–H groups in total. The highest BCUT2D eigenvalue weighted by Gasteiger charge is 2.34. The number of hydrogen-bond acceptors (Lipinski definition) is 12. The van der Waals surface area contributed by atoms with Crippen LogP contribution in [0.15, 0.2) is 160 Å². The molecule has 0 radical (unpaired) electrons. The van der Waals surface area contributed by atoms with Crippen LogP contribution < -0.4 is 20.1 Å². The molecule has 0 saturated carbocycles. The van der Waals surface area contributed by atoms with Gasteiger partial charge in [-0.3, -0.25) is 19.0 Å². The third-order valence-corrected chi connectivity index (χ3v) is 14.4. The number of imidazole rings is 1. The molecule has 8 aromatic rings. The summed E-state index contributed by atoms with van der Waals surface area (Å²) in [5.74, 6) is -0.223. The number of benzene rings is 4. The number of fused-ring (bicyclic) bond motifs is 2. The molecule has 0 aliphatic carbocycles. The van der Waals surface area contributed by atoms with E-state index in [0.29, 0.717) is 39.7 Å². The van der Waals surface area contributed by atoms with Gasteiger partial charge in [0.2, 0.25) is 25.5 Å². The second-order valence-corrected chi connectivity index (χ2v) is 18.9. The van der Waals surface area contributed by atoms with Gasteiger partial charge in [0.25, 0.3) is 11.8 Å². The molecule has 0 fully saturated rings. The maximum absolute atomic E-state index is 13.0. The fraction of sp³-hybridized carbons (Fsp3) is 0.133. The van der Waals surface area contributed by atoms with Crippen LogP contribution in [-0.2, 0) is 32.8 Å². The fourth-order valence-electron chi connectivity index (χ4n) is 6.37. The van der Waals surface area contributed by atoms with Gasteiger partial charge in [-0.25, -0.2) is 26.8 Å². The van der Waals surface area contributed by atoms with Gasteiger partial charge in [-0.2, -0.15) is 0 Å². The van der Waals surface area contributed by atoms with E-state index in [1.54, 1.807) is 96.9 Å². The number of amides is 2. The van der Waals surface area contributed by atoms with Crippen molar-refractivity contribution in [3.05, 3.63) is 167 Å². The van der Waals surface area contributed by atoms with E-state index in [2.05, 4.69) is 30.3 Å². The van der Waals surface area contributed by atoms with Gasteiger partial charge in [0.1, 0.15) is 16.4 Å². The lowest BCUT2D eigenvalue weighted by Crippen LogP contribution is -2.23. The van der Waals surface area contributed by atoms with E-state index in [0.717, 1.165) is 27.8 Å². The van der Waals surface area contributed by atoms with Crippen molar-refractivity contribution in [1.82, 2.24) is 30.0 Å². The first-order valence-corrected chi connectivity index (χ1v) is 23.2. The molecular weight excluding hydrogens is 906 g/mol. The Balaban J connectivity index is 0.000000194. The Kier molecular flexibility index (Phi) is 13.6. The average molecular weight is 943 g/mol. The standard InChI is InChI=1S/C23H22N4O4S.C22H15F3N2O4S2/c1-3-31-19-6-9-21(16(2)12-19)32(29,30)20-7-4-17(5-8-20)13-25-22(28)18-14-26-23-24-10-11-27(23)15-18;23-22(24,25)31-17-3-1-2-4-20(17)33(29,30)16-7-5-14(6-8-16)12-27-21(28)18-11-15-9-10-26-13-19(15)32-18/h4-12,14-15H,3,13H2,1-2H3,(H,25,28);1-11,13H,12H2,(H,27,28). The van der Waals surface area contributed by atoms with Gasteiger partial charge < -0.3 is 20.1 Å². The van der Waals surface area contributed by atoms with Crippen molar-refractivity contribution in [1.29, 1.82) is 0 Å². The molecule has 0 spiro atoms. The Morgan fingerprint density at radius 2 is 1.40 bits per heavy atom. The maximum Gasteiger partial charge on any atom is 0.573 e. The Hall–Kier alpha value is -7.16. The summed E-state index contributed by atoms with van der Waals surface area (Å²) in [6.07, 6.45) is 4.72. The summed E-state index contributed by atoms with van der Waals surface area (Å²) in [4.78, 5) is 37.2. The van der Waals surface area contributed by atoms with Gasteiger partial charge in [0.15, 0.2) is 0 Å². The predicted molar refractivity (Wildman–Crippen MR) is 234 cm³/mol. The van der Waals surface area contributed by atoms with Crippen molar-refractivity contribution >= 4 is 58.7 Å². The molecule has 0 aliphatic rings. The number of nitrogens with zero attached hydrogens (tertiary/aromatic N) is 4. The summed E-state index contributed by atoms with van der Waals surface area (Å²) in [6.45, 7) is 4.52. The van der Waals surface area contributed by atoms with Crippen LogP contribution >= 0.6 is 11.3 Å². The lowest BCUT2D eigenvalue weighted by molar-refractivity contribution is -0.275. The molecule has 4 aromatic heterocycles. The van der Waals surface area contributed by atoms with Gasteiger partial charge in [-0.15, -0.1) is 24.5 Å². The Labute approximate surface area is 374 Å². The number of alkyl halides is 3. The minimum Gasteiger partial charge on any atom is -0.494 e. The van der Waals surface area contributed by atoms with E-state index >= 15 is 0 Å². The molecule has 334 valence electrons. The van der Waals surface area contributed by atoms with Crippen LogP contribution in [0.1, 0.15) is 43.6 Å². The number of sulfone groups is 2. The number of ether oxygens (including phenoxy) is 2. The zero-order chi connectivity index (χ0) is 46.4. The number of nitrogens with one attached hydrogen (secondary N) is 2. The van der Waals surface area contributed by atoms with E-state index in [1.165, 1.54) is 53.9 Å². The zero-order valence-corrected chi connectivity index (χ0v) is 36.8. The van der Waals surface area contributed by atoms with Gasteiger partial charge >= 0.3 is 6.36 Å². The largest absolute Gasteiger partial charge is 0.573 e. The van der Waals surface area contributed by atoms with Crippen molar-refractivity contribution < 1.29 is 49.1 Å². The molecule has 2 amide bonds. The monoisotopic (exact) mass is 942 g/mol. The molecule has 14 nitrogen and oxygen atoms in total. The molecule has 0 bridgehead atoms. The molecule has 4 heterocycles. The lowest BCUT2D eigenvalue weighted by atomic mass is 10.2. The molecule has 65 heavy (non-hydrogen) atoms. The van der Waals surface area contributed by atoms with Crippen molar-refractivity contribution in [2.24, 2.45) is 0 Å². The second-order valence-electron chi connectivity index (χ2n) is 14.0. The van der Waals surface area contributed by atoms with Crippen molar-refractivity contribution in [2.45, 2.75) is 52.9 Å². The summed E-state index contributed by atoms with van der Waals surface area (Å²) in [6, 6.07) is 25.0. The molecule has 0 saturated heterocycles. The number of para-hydroxylation sites is 1. The maximum atomic E-state index is 13.0. The lowest BCUT2D eigenvalue weighted by Gasteiger charge is -2.13. The topological polar surface area (TPSA) is 188 Å². The van der Waals surface area contributed by atoms with Gasteiger partial charge in [0, 0.05) is 50.3 Å². The van der Waals surface area contributed by atoms with Gasteiger partial charge in [-0.05, 0) is 103 Å². The molecule has 0 atom stereocenters. The van der Waals surface area contributed by atoms with Crippen molar-refractivity contribution in [2.75, 3.05) is 6.61 Å². The fourth-order valence-corrected chi connectivity index (χ4v) is 10.2. The highest BCUT2D eigenvalue weighted by molar-refractivity contribution is 7.92. The smallest absolute Gasteiger partial charge is 0.494 e. The number of aromatic nitrogens is 4. The Morgan fingerprint density at radius 3 is 2.03 bits per heavy atom. The van der Waals surface area contributed by atoms with Crippen molar-refractivity contribution in [3.8, 4) is 11.5 Å². The number of pyridine rings is 1. The Morgan fingerprint density at radius 1 is 0.754 bits per heavy atom. The van der Waals surface area contributed by atoms with Crippen LogP contribution in [0.5, 0.6) is 11.5 Å². The summed E-state index contributed by atoms with van der Waals surface area (Å²) < 4.78 is 102. The van der Waals surface area contributed by atoms with Gasteiger partial charge in [-0.1, -0.05) is 36.4 Å². The molecule has 0 aliphatic heterocycles. The summed E-state index contributed by atoms with van der Waals surface area (Å²) in [5.41, 5.74) is 2.42. The first-order chi connectivity index (χ1) is 31.0. The van der Waals surface area contributed by atoms with Crippen LogP contribution in [0.3, 0.4) is 0 Å². The highest BCUT2D eigenvalue weighted by atomic mass is 32.2. The average Bonchev–Trinajstić information content (AvgIpc) is 3.95. The third kappa shape index (κ3) is 11.0. The zero-order valence-electron chi connectivity index (χ0n) is 34.3. The van der Waals surface area contributed by atoms with Crippen LogP contribution in [0.25, 0.3) is 15.9 Å². The summed E-state index contributed by atoms with van der Waals surface area (Å²) >= 11 is 1.30. The second kappa shape index (κ2) is 19.3. The first kappa shape index (κ1) is 45.9. The minimum absolute atomic E-state index is 0.138. The minimum atomic E-state index is -5.03. The molecule has 20 heteroatoms. The normalized spacial score (nSPS) is 11.7. The number of halogens is 3. The first-order valence-electron chi connectivity index (χ1n) is 19.5. The van der Waals surface area contributed by atoms with Crippen molar-refractivity contribution in [3.63, 3.8) is 0 Å². The van der Waals surface area contributed by atoms with Crippen LogP contribution in [0.2, 0.25) is 0 Å². The van der Waals surface area contributed by atoms with Gasteiger partial charge in [0.05, 0.1) is 36.4 Å². The highest BCUT2D eigenvalue weighted by Crippen LogP contribution is 2.33. The SMILES string of the molecule is CCOc1ccc(S(=O)(=O)c2ccc(CNC(=O)c3cnc4nccn4c3)cc2)c(C)c1.O=C(NCc1ccc(S(=O)(=O)c2ccccc2OC(F)(F)F)cc1)c1cc2ccncc2s1. The number of thiophene rings is 1. The predicted octanol–water partition coefficient (Wildman–Crippen LogP) is 8.16.